The molecule has 1 N–H and O–H groups in total. The molecule has 1 heterocycles. The van der Waals surface area contributed by atoms with E-state index in [-0.39, 0.29) is 28.3 Å². The van der Waals surface area contributed by atoms with Crippen LogP contribution >= 0.6 is 11.3 Å². The maximum Gasteiger partial charge on any atom is 0.344 e. The average Bonchev–Trinajstić information content (AvgIpc) is 3.36. The molecule has 3 aromatic carbocycles. The first-order valence-electron chi connectivity index (χ1n) is 9.57. The third-order valence-electron chi connectivity index (χ3n) is 4.57. The number of thiophene rings is 1. The van der Waals surface area contributed by atoms with Gasteiger partial charge < -0.3 is 10.1 Å². The maximum absolute atomic E-state index is 13.2. The van der Waals surface area contributed by atoms with Crippen LogP contribution in [0.3, 0.4) is 0 Å². The molecule has 0 atom stereocenters. The van der Waals surface area contributed by atoms with Gasteiger partial charge in [-0.2, -0.15) is 0 Å². The van der Waals surface area contributed by atoms with Crippen LogP contribution in [-0.2, 0) is 0 Å². The van der Waals surface area contributed by atoms with E-state index in [4.69, 9.17) is 4.74 Å². The Kier molecular flexibility index (Phi) is 6.19. The van der Waals surface area contributed by atoms with E-state index >= 15 is 0 Å². The molecule has 1 amide bonds. The normalized spacial score (nSPS) is 10.4. The predicted octanol–water partition coefficient (Wildman–Crippen LogP) is 5.59. The highest BCUT2D eigenvalue weighted by Crippen LogP contribution is 2.21. The highest BCUT2D eigenvalue weighted by molar-refractivity contribution is 7.12. The van der Waals surface area contributed by atoms with E-state index in [2.05, 4.69) is 5.32 Å². The van der Waals surface area contributed by atoms with Gasteiger partial charge in [0.15, 0.2) is 5.78 Å². The molecule has 0 aliphatic carbocycles. The summed E-state index contributed by atoms with van der Waals surface area (Å²) in [5.41, 5.74) is 1.06. The fourth-order valence-electron chi connectivity index (χ4n) is 2.98. The Morgan fingerprint density at radius 2 is 1.47 bits per heavy atom. The number of hydrogen-bond acceptors (Lipinski definition) is 5. The van der Waals surface area contributed by atoms with Crippen molar-refractivity contribution in [1.82, 2.24) is 0 Å². The molecule has 0 saturated carbocycles. The summed E-state index contributed by atoms with van der Waals surface area (Å²) < 4.78 is 18.6. The van der Waals surface area contributed by atoms with Crippen molar-refractivity contribution in [2.75, 3.05) is 5.32 Å². The minimum atomic E-state index is -0.702. The molecule has 158 valence electrons. The lowest BCUT2D eigenvalue weighted by Gasteiger charge is -2.10. The van der Waals surface area contributed by atoms with Crippen LogP contribution in [0.4, 0.5) is 10.1 Å². The molecule has 0 fully saturated rings. The van der Waals surface area contributed by atoms with Crippen LogP contribution in [0.2, 0.25) is 0 Å². The number of amides is 1. The molecule has 0 unspecified atom stereocenters. The van der Waals surface area contributed by atoms with Gasteiger partial charge in [-0.25, -0.2) is 9.18 Å². The maximum atomic E-state index is 13.2. The third-order valence-corrected chi connectivity index (χ3v) is 5.43. The second-order valence-electron chi connectivity index (χ2n) is 6.73. The number of anilines is 1. The number of carbonyl (C=O) groups excluding carboxylic acids is 3. The topological polar surface area (TPSA) is 72.5 Å². The van der Waals surface area contributed by atoms with Crippen molar-refractivity contribution in [3.8, 4) is 5.75 Å². The number of esters is 1. The fourth-order valence-corrected chi connectivity index (χ4v) is 3.60. The van der Waals surface area contributed by atoms with Crippen molar-refractivity contribution in [2.24, 2.45) is 0 Å². The fraction of sp³-hybridized carbons (Fsp3) is 0. The van der Waals surface area contributed by atoms with Gasteiger partial charge in [-0.15, -0.1) is 11.3 Å². The number of benzene rings is 3. The number of ketones is 1. The van der Waals surface area contributed by atoms with Gasteiger partial charge in [0.25, 0.3) is 5.91 Å². The van der Waals surface area contributed by atoms with E-state index < -0.39 is 17.6 Å². The molecular formula is C25H16FNO4S. The second-order valence-corrected chi connectivity index (χ2v) is 7.67. The Morgan fingerprint density at radius 3 is 2.12 bits per heavy atom. The summed E-state index contributed by atoms with van der Waals surface area (Å²) in [7, 11) is 0. The van der Waals surface area contributed by atoms with Gasteiger partial charge in [0.05, 0.1) is 10.4 Å². The SMILES string of the molecule is O=C(Nc1ccc(OC(=O)c2ccccc2C(=O)c2ccc(F)cc2)cc1)c1cccs1. The van der Waals surface area contributed by atoms with Crippen LogP contribution in [0, 0.1) is 5.82 Å². The summed E-state index contributed by atoms with van der Waals surface area (Å²) >= 11 is 1.33. The monoisotopic (exact) mass is 445 g/mol. The Morgan fingerprint density at radius 1 is 0.781 bits per heavy atom. The summed E-state index contributed by atoms with van der Waals surface area (Å²) in [4.78, 5) is 38.3. The molecular weight excluding hydrogens is 429 g/mol. The number of hydrogen-bond donors (Lipinski definition) is 1. The highest BCUT2D eigenvalue weighted by atomic mass is 32.1. The van der Waals surface area contributed by atoms with Gasteiger partial charge in [0, 0.05) is 16.8 Å². The van der Waals surface area contributed by atoms with E-state index in [1.165, 1.54) is 47.7 Å². The zero-order valence-corrected chi connectivity index (χ0v) is 17.4. The summed E-state index contributed by atoms with van der Waals surface area (Å²) in [6.45, 7) is 0. The Balaban J connectivity index is 1.48. The average molecular weight is 445 g/mol. The minimum absolute atomic E-state index is 0.0944. The van der Waals surface area contributed by atoms with Crippen LogP contribution < -0.4 is 10.1 Å². The van der Waals surface area contributed by atoms with Crippen molar-refractivity contribution < 1.29 is 23.5 Å². The molecule has 4 aromatic rings. The van der Waals surface area contributed by atoms with E-state index in [1.54, 1.807) is 48.5 Å². The molecule has 0 spiro atoms. The summed E-state index contributed by atoms with van der Waals surface area (Å²) in [6.07, 6.45) is 0. The van der Waals surface area contributed by atoms with Crippen LogP contribution in [0.25, 0.3) is 0 Å². The third kappa shape index (κ3) is 4.79. The number of rotatable bonds is 6. The van der Waals surface area contributed by atoms with E-state index in [0.717, 1.165) is 0 Å². The van der Waals surface area contributed by atoms with Crippen molar-refractivity contribution in [1.29, 1.82) is 0 Å². The van der Waals surface area contributed by atoms with Gasteiger partial charge in [0.1, 0.15) is 11.6 Å². The molecule has 5 nitrogen and oxygen atoms in total. The molecule has 0 aliphatic rings. The number of halogens is 1. The molecule has 0 radical (unpaired) electrons. The lowest BCUT2D eigenvalue weighted by molar-refractivity contribution is 0.0730. The molecule has 0 aliphatic heterocycles. The first-order valence-corrected chi connectivity index (χ1v) is 10.5. The summed E-state index contributed by atoms with van der Waals surface area (Å²) in [5.74, 6) is -1.54. The number of nitrogens with one attached hydrogen (secondary N) is 1. The standard InChI is InChI=1S/C25H16FNO4S/c26-17-9-7-16(8-10-17)23(28)20-4-1-2-5-21(20)25(30)31-19-13-11-18(12-14-19)27-24(29)22-6-3-15-32-22/h1-15H,(H,27,29). The minimum Gasteiger partial charge on any atom is -0.423 e. The number of carbonyl (C=O) groups is 3. The predicted molar refractivity (Wildman–Crippen MR) is 120 cm³/mol. The van der Waals surface area contributed by atoms with Gasteiger partial charge in [-0.3, -0.25) is 9.59 Å². The Bertz CT molecular complexity index is 1270. The van der Waals surface area contributed by atoms with Crippen molar-refractivity contribution >= 4 is 34.7 Å². The zero-order chi connectivity index (χ0) is 22.5. The van der Waals surface area contributed by atoms with Gasteiger partial charge >= 0.3 is 5.97 Å². The lowest BCUT2D eigenvalue weighted by Crippen LogP contribution is -2.15. The zero-order valence-electron chi connectivity index (χ0n) is 16.6. The lowest BCUT2D eigenvalue weighted by atomic mass is 9.98. The van der Waals surface area contributed by atoms with Crippen LogP contribution in [0.5, 0.6) is 5.75 Å². The molecule has 7 heteroatoms. The molecule has 1 aromatic heterocycles. The first-order chi connectivity index (χ1) is 15.5. The largest absolute Gasteiger partial charge is 0.423 e. The highest BCUT2D eigenvalue weighted by Gasteiger charge is 2.20. The van der Waals surface area contributed by atoms with Crippen molar-refractivity contribution in [3.63, 3.8) is 0 Å². The quantitative estimate of drug-likeness (QED) is 0.239. The molecule has 0 saturated heterocycles. The van der Waals surface area contributed by atoms with Crippen LogP contribution in [-0.4, -0.2) is 17.7 Å². The molecule has 0 bridgehead atoms. The van der Waals surface area contributed by atoms with Crippen molar-refractivity contribution in [3.05, 3.63) is 118 Å². The Labute approximate surface area is 187 Å². The van der Waals surface area contributed by atoms with Crippen LogP contribution in [0.15, 0.2) is 90.3 Å². The van der Waals surface area contributed by atoms with E-state index in [0.29, 0.717) is 10.6 Å². The smallest absolute Gasteiger partial charge is 0.344 e. The van der Waals surface area contributed by atoms with Gasteiger partial charge in [0.2, 0.25) is 0 Å². The Hall–Kier alpha value is -4.10. The van der Waals surface area contributed by atoms with Crippen molar-refractivity contribution in [2.45, 2.75) is 0 Å². The number of ether oxygens (including phenoxy) is 1. The summed E-state index contributed by atoms with van der Waals surface area (Å²) in [6, 6.07) is 21.2. The van der Waals surface area contributed by atoms with E-state index in [1.807, 2.05) is 5.38 Å². The molecule has 4 rings (SSSR count). The second kappa shape index (κ2) is 9.36. The molecule has 32 heavy (non-hydrogen) atoms. The van der Waals surface area contributed by atoms with E-state index in [9.17, 15) is 18.8 Å². The summed E-state index contributed by atoms with van der Waals surface area (Å²) in [5, 5.41) is 4.58. The van der Waals surface area contributed by atoms with Crippen LogP contribution in [0.1, 0.15) is 36.0 Å². The van der Waals surface area contributed by atoms with Gasteiger partial charge in [-0.05, 0) is 66.0 Å². The first kappa shape index (κ1) is 21.1. The van der Waals surface area contributed by atoms with Gasteiger partial charge in [-0.1, -0.05) is 24.3 Å².